The molecule has 0 spiro atoms. The first-order chi connectivity index (χ1) is 11.8. The van der Waals surface area contributed by atoms with Crippen molar-refractivity contribution in [2.24, 2.45) is 0 Å². The lowest BCUT2D eigenvalue weighted by molar-refractivity contribution is -0.0102. The number of aromatic nitrogens is 2. The monoisotopic (exact) mass is 385 g/mol. The van der Waals surface area contributed by atoms with Gasteiger partial charge in [-0.2, -0.15) is 4.31 Å². The van der Waals surface area contributed by atoms with Crippen LogP contribution in [0.4, 0.5) is 0 Å². The quantitative estimate of drug-likeness (QED) is 0.738. The zero-order valence-electron chi connectivity index (χ0n) is 13.6. The van der Waals surface area contributed by atoms with E-state index in [9.17, 15) is 16.8 Å². The molecule has 2 heterocycles. The van der Waals surface area contributed by atoms with Crippen molar-refractivity contribution in [1.29, 1.82) is 0 Å². The van der Waals surface area contributed by atoms with Crippen molar-refractivity contribution in [2.75, 3.05) is 26.0 Å². The zero-order chi connectivity index (χ0) is 18.1. The number of ether oxygens (including phenoxy) is 1. The highest BCUT2D eigenvalue weighted by Gasteiger charge is 2.31. The molecule has 1 fully saturated rings. The fourth-order valence-electron chi connectivity index (χ4n) is 2.66. The molecule has 1 aliphatic rings. The number of hydrogen-bond acceptors (Lipinski definition) is 6. The molecule has 0 amide bonds. The van der Waals surface area contributed by atoms with Gasteiger partial charge in [0.1, 0.15) is 0 Å². The average Bonchev–Trinajstić information content (AvgIpc) is 3.07. The van der Waals surface area contributed by atoms with E-state index < -0.39 is 19.9 Å². The number of benzene rings is 1. The SMILES string of the molecule is CS(=O)(=O)c1ccc(S(=O)(=O)N2CCOC(Cn3ccnc3)C2)cc1. The summed E-state index contributed by atoms with van der Waals surface area (Å²) in [6.45, 7) is 1.31. The van der Waals surface area contributed by atoms with E-state index in [0.717, 1.165) is 6.26 Å². The summed E-state index contributed by atoms with van der Waals surface area (Å²) in [5, 5.41) is 0. The normalized spacial score (nSPS) is 19.8. The van der Waals surface area contributed by atoms with Gasteiger partial charge in [-0.15, -0.1) is 0 Å². The Balaban J connectivity index is 1.77. The van der Waals surface area contributed by atoms with Gasteiger partial charge in [0.25, 0.3) is 0 Å². The van der Waals surface area contributed by atoms with Gasteiger partial charge in [0.2, 0.25) is 10.0 Å². The highest BCUT2D eigenvalue weighted by atomic mass is 32.2. The summed E-state index contributed by atoms with van der Waals surface area (Å²) in [5.74, 6) is 0. The van der Waals surface area contributed by atoms with E-state index >= 15 is 0 Å². The zero-order valence-corrected chi connectivity index (χ0v) is 15.3. The molecule has 8 nitrogen and oxygen atoms in total. The minimum absolute atomic E-state index is 0.0724. The molecule has 0 saturated carbocycles. The van der Waals surface area contributed by atoms with Crippen LogP contribution in [0.25, 0.3) is 0 Å². The van der Waals surface area contributed by atoms with E-state index in [0.29, 0.717) is 13.2 Å². The molecule has 1 aromatic carbocycles. The number of imidazole rings is 1. The van der Waals surface area contributed by atoms with Crippen LogP contribution >= 0.6 is 0 Å². The lowest BCUT2D eigenvalue weighted by Crippen LogP contribution is -2.46. The summed E-state index contributed by atoms with van der Waals surface area (Å²) in [6.07, 6.45) is 5.91. The number of rotatable bonds is 5. The van der Waals surface area contributed by atoms with Crippen molar-refractivity contribution in [3.63, 3.8) is 0 Å². The Morgan fingerprint density at radius 2 is 1.84 bits per heavy atom. The van der Waals surface area contributed by atoms with Crippen LogP contribution in [0.15, 0.2) is 52.8 Å². The molecule has 136 valence electrons. The van der Waals surface area contributed by atoms with Crippen molar-refractivity contribution in [1.82, 2.24) is 13.9 Å². The third kappa shape index (κ3) is 4.09. The molecular weight excluding hydrogens is 366 g/mol. The van der Waals surface area contributed by atoms with Gasteiger partial charge in [0.15, 0.2) is 9.84 Å². The molecule has 10 heteroatoms. The first-order valence-corrected chi connectivity index (χ1v) is 11.0. The summed E-state index contributed by atoms with van der Waals surface area (Å²) >= 11 is 0. The van der Waals surface area contributed by atoms with Crippen molar-refractivity contribution >= 4 is 19.9 Å². The molecule has 1 aliphatic heterocycles. The molecule has 3 rings (SSSR count). The molecule has 0 N–H and O–H groups in total. The second-order valence-corrected chi connectivity index (χ2v) is 9.81. The second-order valence-electron chi connectivity index (χ2n) is 5.86. The summed E-state index contributed by atoms with van der Waals surface area (Å²) < 4.78 is 57.5. The molecule has 1 unspecified atom stereocenters. The number of sulfone groups is 1. The minimum atomic E-state index is -3.70. The Labute approximate surface area is 147 Å². The standard InChI is InChI=1S/C15H19N3O5S2/c1-24(19,20)14-2-4-15(5-3-14)25(21,22)18-8-9-23-13(11-18)10-17-7-6-16-12-17/h2-7,12-13H,8-11H2,1H3. The maximum Gasteiger partial charge on any atom is 0.243 e. The van der Waals surface area contributed by atoms with Crippen LogP contribution in [0, 0.1) is 0 Å². The highest BCUT2D eigenvalue weighted by Crippen LogP contribution is 2.21. The first-order valence-electron chi connectivity index (χ1n) is 7.64. The lowest BCUT2D eigenvalue weighted by atomic mass is 10.3. The fraction of sp³-hybridized carbons (Fsp3) is 0.400. The average molecular weight is 385 g/mol. The summed E-state index contributed by atoms with van der Waals surface area (Å²) in [4.78, 5) is 4.12. The molecule has 1 aromatic heterocycles. The Bertz CT molecular complexity index is 922. The third-order valence-corrected chi connectivity index (χ3v) is 6.97. The van der Waals surface area contributed by atoms with Crippen LogP contribution in [-0.2, 0) is 31.1 Å². The predicted molar refractivity (Wildman–Crippen MR) is 90.3 cm³/mol. The summed E-state index contributed by atoms with van der Waals surface area (Å²) in [6, 6.07) is 5.27. The largest absolute Gasteiger partial charge is 0.374 e. The van der Waals surface area contributed by atoms with E-state index in [-0.39, 0.29) is 29.0 Å². The van der Waals surface area contributed by atoms with E-state index in [4.69, 9.17) is 4.74 Å². The van der Waals surface area contributed by atoms with E-state index in [2.05, 4.69) is 4.98 Å². The minimum Gasteiger partial charge on any atom is -0.374 e. The Hall–Kier alpha value is -1.75. The van der Waals surface area contributed by atoms with Crippen LogP contribution in [-0.4, -0.2) is 62.7 Å². The number of sulfonamides is 1. The van der Waals surface area contributed by atoms with Crippen molar-refractivity contribution in [2.45, 2.75) is 22.4 Å². The van der Waals surface area contributed by atoms with Gasteiger partial charge in [-0.3, -0.25) is 0 Å². The Kier molecular flexibility index (Phi) is 4.96. The van der Waals surface area contributed by atoms with Crippen LogP contribution in [0.3, 0.4) is 0 Å². The number of nitrogens with zero attached hydrogens (tertiary/aromatic N) is 3. The third-order valence-electron chi connectivity index (χ3n) is 3.96. The maximum absolute atomic E-state index is 12.8. The first kappa shape index (κ1) is 18.1. The van der Waals surface area contributed by atoms with Gasteiger partial charge >= 0.3 is 0 Å². The lowest BCUT2D eigenvalue weighted by Gasteiger charge is -2.32. The summed E-state index contributed by atoms with van der Waals surface area (Å²) in [5.41, 5.74) is 0. The predicted octanol–water partition coefficient (Wildman–Crippen LogP) is 0.376. The molecular formula is C15H19N3O5S2. The van der Waals surface area contributed by atoms with E-state index in [1.54, 1.807) is 18.7 Å². The van der Waals surface area contributed by atoms with Gasteiger partial charge in [-0.1, -0.05) is 0 Å². The molecule has 0 radical (unpaired) electrons. The van der Waals surface area contributed by atoms with Crippen molar-refractivity contribution < 1.29 is 21.6 Å². The van der Waals surface area contributed by atoms with Crippen LogP contribution in [0.5, 0.6) is 0 Å². The Morgan fingerprint density at radius 3 is 2.44 bits per heavy atom. The van der Waals surface area contributed by atoms with E-state index in [1.165, 1.54) is 28.6 Å². The smallest absolute Gasteiger partial charge is 0.243 e. The molecule has 2 aromatic rings. The van der Waals surface area contributed by atoms with Gasteiger partial charge in [0.05, 0.1) is 35.4 Å². The summed E-state index contributed by atoms with van der Waals surface area (Å²) in [7, 11) is -7.07. The van der Waals surface area contributed by atoms with Gasteiger partial charge in [-0.05, 0) is 24.3 Å². The molecule has 25 heavy (non-hydrogen) atoms. The van der Waals surface area contributed by atoms with Crippen LogP contribution in [0.1, 0.15) is 0 Å². The van der Waals surface area contributed by atoms with Crippen molar-refractivity contribution in [3.05, 3.63) is 43.0 Å². The van der Waals surface area contributed by atoms with Crippen molar-refractivity contribution in [3.8, 4) is 0 Å². The van der Waals surface area contributed by atoms with Crippen LogP contribution < -0.4 is 0 Å². The number of hydrogen-bond donors (Lipinski definition) is 0. The fourth-order valence-corrected chi connectivity index (χ4v) is 4.74. The highest BCUT2D eigenvalue weighted by molar-refractivity contribution is 7.90. The number of morpholine rings is 1. The maximum atomic E-state index is 12.8. The molecule has 1 atom stereocenters. The molecule has 0 aliphatic carbocycles. The van der Waals surface area contributed by atoms with Gasteiger partial charge in [-0.25, -0.2) is 21.8 Å². The van der Waals surface area contributed by atoms with Gasteiger partial charge in [0, 0.05) is 31.7 Å². The molecule has 1 saturated heterocycles. The Morgan fingerprint density at radius 1 is 1.16 bits per heavy atom. The molecule has 0 bridgehead atoms. The topological polar surface area (TPSA) is 98.6 Å². The second kappa shape index (κ2) is 6.87. The van der Waals surface area contributed by atoms with E-state index in [1.807, 2.05) is 4.57 Å². The van der Waals surface area contributed by atoms with Gasteiger partial charge < -0.3 is 9.30 Å². The van der Waals surface area contributed by atoms with Crippen LogP contribution in [0.2, 0.25) is 0 Å².